The molecule has 96 valence electrons. The van der Waals surface area contributed by atoms with Crippen molar-refractivity contribution in [2.45, 2.75) is 12.8 Å². The molecule has 1 aliphatic heterocycles. The summed E-state index contributed by atoms with van der Waals surface area (Å²) in [6, 6.07) is 3.21. The van der Waals surface area contributed by atoms with E-state index in [2.05, 4.69) is 4.98 Å². The minimum atomic E-state index is -0.777. The Morgan fingerprint density at radius 2 is 2.33 bits per heavy atom. The highest BCUT2D eigenvalue weighted by atomic mass is 16.4. The third-order valence-corrected chi connectivity index (χ3v) is 3.10. The molecule has 18 heavy (non-hydrogen) atoms. The molecule has 0 aromatic carbocycles. The minimum absolute atomic E-state index is 0.140. The van der Waals surface area contributed by atoms with Crippen LogP contribution in [0.4, 0.5) is 5.82 Å². The summed E-state index contributed by atoms with van der Waals surface area (Å²) < 4.78 is 0. The summed E-state index contributed by atoms with van der Waals surface area (Å²) in [5, 5.41) is 8.75. The maximum atomic E-state index is 11.1. The highest BCUT2D eigenvalue weighted by Gasteiger charge is 2.25. The van der Waals surface area contributed by atoms with E-state index in [1.165, 1.54) is 0 Å². The fraction of sp³-hybridized carbons (Fsp3) is 0.417. The maximum absolute atomic E-state index is 11.1. The SMILES string of the molecule is NC(=O)c1ccnc(N2CCC(CC(=O)O)C2)c1. The number of nitrogens with zero attached hydrogens (tertiary/aromatic N) is 2. The molecule has 2 rings (SSSR count). The van der Waals surface area contributed by atoms with Crippen molar-refractivity contribution in [2.24, 2.45) is 11.7 Å². The van der Waals surface area contributed by atoms with Crippen LogP contribution >= 0.6 is 0 Å². The van der Waals surface area contributed by atoms with Crippen LogP contribution in [0.2, 0.25) is 0 Å². The van der Waals surface area contributed by atoms with Gasteiger partial charge in [0, 0.05) is 31.3 Å². The van der Waals surface area contributed by atoms with Gasteiger partial charge < -0.3 is 15.7 Å². The number of aliphatic carboxylic acids is 1. The molecule has 1 aromatic heterocycles. The molecule has 0 saturated carbocycles. The molecule has 1 amide bonds. The molecule has 0 spiro atoms. The molecular weight excluding hydrogens is 234 g/mol. The van der Waals surface area contributed by atoms with Gasteiger partial charge in [-0.2, -0.15) is 0 Å². The summed E-state index contributed by atoms with van der Waals surface area (Å²) in [5.41, 5.74) is 5.63. The summed E-state index contributed by atoms with van der Waals surface area (Å²) in [4.78, 5) is 27.9. The van der Waals surface area contributed by atoms with E-state index in [1.54, 1.807) is 18.3 Å². The minimum Gasteiger partial charge on any atom is -0.481 e. The van der Waals surface area contributed by atoms with Gasteiger partial charge in [-0.1, -0.05) is 0 Å². The molecule has 0 radical (unpaired) electrons. The number of pyridine rings is 1. The molecule has 1 fully saturated rings. The largest absolute Gasteiger partial charge is 0.481 e. The first kappa shape index (κ1) is 12.3. The van der Waals surface area contributed by atoms with Gasteiger partial charge in [-0.25, -0.2) is 4.98 Å². The van der Waals surface area contributed by atoms with E-state index in [0.717, 1.165) is 13.0 Å². The Hall–Kier alpha value is -2.11. The molecule has 3 N–H and O–H groups in total. The lowest BCUT2D eigenvalue weighted by molar-refractivity contribution is -0.137. The Labute approximate surface area is 104 Å². The second-order valence-corrected chi connectivity index (χ2v) is 4.47. The Bertz CT molecular complexity index is 475. The zero-order valence-electron chi connectivity index (χ0n) is 9.87. The zero-order valence-corrected chi connectivity index (χ0v) is 9.87. The monoisotopic (exact) mass is 249 g/mol. The van der Waals surface area contributed by atoms with Crippen LogP contribution in [0, 0.1) is 5.92 Å². The predicted molar refractivity (Wildman–Crippen MR) is 65.3 cm³/mol. The number of carboxylic acids is 1. The van der Waals surface area contributed by atoms with E-state index in [0.29, 0.717) is 17.9 Å². The molecule has 6 nitrogen and oxygen atoms in total. The topological polar surface area (TPSA) is 96.5 Å². The number of anilines is 1. The molecule has 1 saturated heterocycles. The number of hydrogen-bond acceptors (Lipinski definition) is 4. The maximum Gasteiger partial charge on any atom is 0.303 e. The molecule has 0 aliphatic carbocycles. The predicted octanol–water partition coefficient (Wildman–Crippen LogP) is 0.481. The molecule has 1 unspecified atom stereocenters. The third kappa shape index (κ3) is 2.77. The zero-order chi connectivity index (χ0) is 13.1. The van der Waals surface area contributed by atoms with E-state index in [-0.39, 0.29) is 12.3 Å². The van der Waals surface area contributed by atoms with E-state index < -0.39 is 11.9 Å². The number of primary amides is 1. The number of carbonyl (C=O) groups excluding carboxylic acids is 1. The molecule has 0 bridgehead atoms. The van der Waals surface area contributed by atoms with Gasteiger partial charge in [0.25, 0.3) is 0 Å². The van der Waals surface area contributed by atoms with Crippen LogP contribution in [0.15, 0.2) is 18.3 Å². The number of amides is 1. The second-order valence-electron chi connectivity index (χ2n) is 4.47. The molecule has 6 heteroatoms. The van der Waals surface area contributed by atoms with Gasteiger partial charge in [0.05, 0.1) is 0 Å². The van der Waals surface area contributed by atoms with Crippen LogP contribution < -0.4 is 10.6 Å². The van der Waals surface area contributed by atoms with Gasteiger partial charge in [0.2, 0.25) is 5.91 Å². The average Bonchev–Trinajstić information content (AvgIpc) is 2.77. The van der Waals surface area contributed by atoms with Crippen molar-refractivity contribution >= 4 is 17.7 Å². The first-order chi connectivity index (χ1) is 8.56. The second kappa shape index (κ2) is 5.03. The van der Waals surface area contributed by atoms with Crippen molar-refractivity contribution in [1.82, 2.24) is 4.98 Å². The van der Waals surface area contributed by atoms with Crippen molar-refractivity contribution in [3.05, 3.63) is 23.9 Å². The number of aromatic nitrogens is 1. The van der Waals surface area contributed by atoms with Crippen LogP contribution in [0.1, 0.15) is 23.2 Å². The number of rotatable bonds is 4. The van der Waals surface area contributed by atoms with E-state index >= 15 is 0 Å². The Morgan fingerprint density at radius 1 is 1.56 bits per heavy atom. The summed E-state index contributed by atoms with van der Waals surface area (Å²) in [6.07, 6.45) is 2.54. The van der Waals surface area contributed by atoms with Crippen molar-refractivity contribution in [3.63, 3.8) is 0 Å². The van der Waals surface area contributed by atoms with Gasteiger partial charge in [0.1, 0.15) is 5.82 Å². The number of nitrogens with two attached hydrogens (primary N) is 1. The molecule has 1 aliphatic rings. The lowest BCUT2D eigenvalue weighted by Crippen LogP contribution is -2.22. The van der Waals surface area contributed by atoms with Crippen molar-refractivity contribution in [1.29, 1.82) is 0 Å². The first-order valence-electron chi connectivity index (χ1n) is 5.79. The fourth-order valence-corrected chi connectivity index (χ4v) is 2.20. The number of hydrogen-bond donors (Lipinski definition) is 2. The fourth-order valence-electron chi connectivity index (χ4n) is 2.20. The Balaban J connectivity index is 2.07. The smallest absolute Gasteiger partial charge is 0.303 e. The third-order valence-electron chi connectivity index (χ3n) is 3.10. The lowest BCUT2D eigenvalue weighted by atomic mass is 10.1. The van der Waals surface area contributed by atoms with Crippen molar-refractivity contribution in [2.75, 3.05) is 18.0 Å². The first-order valence-corrected chi connectivity index (χ1v) is 5.79. The van der Waals surface area contributed by atoms with Crippen LogP contribution in [-0.2, 0) is 4.79 Å². The Morgan fingerprint density at radius 3 is 3.00 bits per heavy atom. The Kier molecular flexibility index (Phi) is 3.45. The lowest BCUT2D eigenvalue weighted by Gasteiger charge is -2.17. The van der Waals surface area contributed by atoms with E-state index in [9.17, 15) is 9.59 Å². The summed E-state index contributed by atoms with van der Waals surface area (Å²) in [5.74, 6) is -0.443. The average molecular weight is 249 g/mol. The summed E-state index contributed by atoms with van der Waals surface area (Å²) in [6.45, 7) is 1.41. The highest BCUT2D eigenvalue weighted by molar-refractivity contribution is 5.93. The van der Waals surface area contributed by atoms with Crippen LogP contribution in [0.25, 0.3) is 0 Å². The molecule has 2 heterocycles. The van der Waals surface area contributed by atoms with Crippen LogP contribution in [0.5, 0.6) is 0 Å². The normalized spacial score (nSPS) is 18.9. The quantitative estimate of drug-likeness (QED) is 0.809. The molecular formula is C12H15N3O3. The number of carboxylic acid groups (broad SMARTS) is 1. The molecule has 1 aromatic rings. The molecule has 1 atom stereocenters. The van der Waals surface area contributed by atoms with Gasteiger partial charge in [0.15, 0.2) is 0 Å². The van der Waals surface area contributed by atoms with Crippen molar-refractivity contribution in [3.8, 4) is 0 Å². The number of carbonyl (C=O) groups is 2. The van der Waals surface area contributed by atoms with Gasteiger partial charge >= 0.3 is 5.97 Å². The summed E-state index contributed by atoms with van der Waals surface area (Å²) in [7, 11) is 0. The van der Waals surface area contributed by atoms with E-state index in [1.807, 2.05) is 4.90 Å². The standard InChI is InChI=1S/C12H15N3O3/c13-12(18)9-1-3-14-10(6-9)15-4-2-8(7-15)5-11(16)17/h1,3,6,8H,2,4-5,7H2,(H2,13,18)(H,16,17). The highest BCUT2D eigenvalue weighted by Crippen LogP contribution is 2.24. The van der Waals surface area contributed by atoms with E-state index in [4.69, 9.17) is 10.8 Å². The van der Waals surface area contributed by atoms with Gasteiger partial charge in [-0.15, -0.1) is 0 Å². The van der Waals surface area contributed by atoms with Crippen LogP contribution in [-0.4, -0.2) is 35.1 Å². The summed E-state index contributed by atoms with van der Waals surface area (Å²) >= 11 is 0. The van der Waals surface area contributed by atoms with Crippen molar-refractivity contribution < 1.29 is 14.7 Å². The van der Waals surface area contributed by atoms with Gasteiger partial charge in [-0.05, 0) is 24.5 Å². The van der Waals surface area contributed by atoms with Crippen LogP contribution in [0.3, 0.4) is 0 Å². The van der Waals surface area contributed by atoms with Gasteiger partial charge in [-0.3, -0.25) is 9.59 Å².